The van der Waals surface area contributed by atoms with Crippen molar-refractivity contribution in [1.29, 1.82) is 0 Å². The predicted octanol–water partition coefficient (Wildman–Crippen LogP) is 2.33. The predicted molar refractivity (Wildman–Crippen MR) is 71.2 cm³/mol. The molecule has 1 fully saturated rings. The van der Waals surface area contributed by atoms with Crippen LogP contribution in [0.1, 0.15) is 30.9 Å². The number of aryl methyl sites for hydroxylation is 1. The van der Waals surface area contributed by atoms with Gasteiger partial charge in [0.15, 0.2) is 0 Å². The van der Waals surface area contributed by atoms with Gasteiger partial charge in [-0.3, -0.25) is 4.98 Å². The van der Waals surface area contributed by atoms with E-state index in [1.54, 1.807) is 6.20 Å². The molecular formula is C14H21N3O. The largest absolute Gasteiger partial charge is 0.334 e. The number of hydrogen-bond acceptors (Lipinski definition) is 2. The number of carbonyl (C=O) groups excluding carboxylic acids is 1. The lowest BCUT2D eigenvalue weighted by Crippen LogP contribution is -2.43. The molecule has 1 aromatic heterocycles. The Labute approximate surface area is 108 Å². The summed E-state index contributed by atoms with van der Waals surface area (Å²) in [4.78, 5) is 18.0. The molecule has 0 bridgehead atoms. The number of pyridine rings is 1. The highest BCUT2D eigenvalue weighted by Gasteiger charge is 2.19. The molecule has 0 aliphatic carbocycles. The minimum absolute atomic E-state index is 0.0464. The molecule has 1 N–H and O–H groups in total. The lowest BCUT2D eigenvalue weighted by molar-refractivity contribution is 0.173. The van der Waals surface area contributed by atoms with Crippen molar-refractivity contribution in [2.24, 2.45) is 5.92 Å². The first kappa shape index (κ1) is 12.9. The Kier molecular flexibility index (Phi) is 4.18. The van der Waals surface area contributed by atoms with Crippen LogP contribution in [0.25, 0.3) is 0 Å². The molecule has 0 saturated carbocycles. The molecule has 0 atom stereocenters. The number of urea groups is 1. The highest BCUT2D eigenvalue weighted by atomic mass is 16.2. The van der Waals surface area contributed by atoms with Gasteiger partial charge in [-0.2, -0.15) is 0 Å². The zero-order valence-electron chi connectivity index (χ0n) is 11.1. The summed E-state index contributed by atoms with van der Waals surface area (Å²) in [6.45, 7) is 6.59. The van der Waals surface area contributed by atoms with Crippen LogP contribution >= 0.6 is 0 Å². The van der Waals surface area contributed by atoms with Gasteiger partial charge < -0.3 is 10.2 Å². The third-order valence-electron chi connectivity index (χ3n) is 3.65. The standard InChI is InChI=1S/C14H21N3O/c1-11-4-7-17(8-5-11)14(18)16-10-13-9-15-6-3-12(13)2/h3,6,9,11H,4-5,7-8,10H2,1-2H3,(H,16,18). The Balaban J connectivity index is 1.83. The average molecular weight is 247 g/mol. The van der Waals surface area contributed by atoms with Crippen LogP contribution in [0.4, 0.5) is 4.79 Å². The van der Waals surface area contributed by atoms with Gasteiger partial charge in [-0.05, 0) is 42.9 Å². The smallest absolute Gasteiger partial charge is 0.317 e. The molecule has 2 heterocycles. The number of piperidine rings is 1. The summed E-state index contributed by atoms with van der Waals surface area (Å²) in [7, 11) is 0. The van der Waals surface area contributed by atoms with Crippen molar-refractivity contribution in [2.45, 2.75) is 33.2 Å². The van der Waals surface area contributed by atoms with E-state index in [2.05, 4.69) is 17.2 Å². The van der Waals surface area contributed by atoms with Crippen LogP contribution in [0.2, 0.25) is 0 Å². The van der Waals surface area contributed by atoms with E-state index in [0.29, 0.717) is 6.54 Å². The Morgan fingerprint density at radius 1 is 1.50 bits per heavy atom. The molecule has 4 nitrogen and oxygen atoms in total. The Hall–Kier alpha value is -1.58. The maximum absolute atomic E-state index is 12.0. The van der Waals surface area contributed by atoms with Gasteiger partial charge in [0.25, 0.3) is 0 Å². The molecule has 1 aliphatic heterocycles. The Bertz CT molecular complexity index is 411. The van der Waals surface area contributed by atoms with Crippen LogP contribution in [-0.4, -0.2) is 29.0 Å². The van der Waals surface area contributed by atoms with E-state index in [4.69, 9.17) is 0 Å². The number of rotatable bonds is 2. The van der Waals surface area contributed by atoms with Crippen molar-refractivity contribution in [1.82, 2.24) is 15.2 Å². The normalized spacial score (nSPS) is 16.7. The number of nitrogens with one attached hydrogen (secondary N) is 1. The fourth-order valence-corrected chi connectivity index (χ4v) is 2.18. The molecule has 1 aliphatic rings. The molecule has 0 spiro atoms. The number of hydrogen-bond donors (Lipinski definition) is 1. The molecule has 4 heteroatoms. The minimum Gasteiger partial charge on any atom is -0.334 e. The van der Waals surface area contributed by atoms with E-state index in [0.717, 1.165) is 43.0 Å². The summed E-state index contributed by atoms with van der Waals surface area (Å²) in [6.07, 6.45) is 5.80. The number of aromatic nitrogens is 1. The number of carbonyl (C=O) groups is 1. The number of likely N-dealkylation sites (tertiary alicyclic amines) is 1. The highest BCUT2D eigenvalue weighted by molar-refractivity contribution is 5.74. The second-order valence-corrected chi connectivity index (χ2v) is 5.13. The van der Waals surface area contributed by atoms with Crippen LogP contribution in [-0.2, 0) is 6.54 Å². The molecule has 1 saturated heterocycles. The van der Waals surface area contributed by atoms with Gasteiger partial charge in [0.1, 0.15) is 0 Å². The molecule has 0 unspecified atom stereocenters. The van der Waals surface area contributed by atoms with Gasteiger partial charge in [0.05, 0.1) is 0 Å². The maximum atomic E-state index is 12.0. The molecule has 0 aromatic carbocycles. The van der Waals surface area contributed by atoms with Crippen molar-refractivity contribution in [2.75, 3.05) is 13.1 Å². The van der Waals surface area contributed by atoms with Crippen molar-refractivity contribution in [3.63, 3.8) is 0 Å². The molecule has 2 amide bonds. The van der Waals surface area contributed by atoms with E-state index in [1.165, 1.54) is 0 Å². The van der Waals surface area contributed by atoms with Gasteiger partial charge in [-0.15, -0.1) is 0 Å². The lowest BCUT2D eigenvalue weighted by atomic mass is 10.00. The highest BCUT2D eigenvalue weighted by Crippen LogP contribution is 2.15. The second kappa shape index (κ2) is 5.85. The lowest BCUT2D eigenvalue weighted by Gasteiger charge is -2.30. The van der Waals surface area contributed by atoms with Crippen LogP contribution in [0.15, 0.2) is 18.5 Å². The first-order valence-corrected chi connectivity index (χ1v) is 6.59. The monoisotopic (exact) mass is 247 g/mol. The molecule has 18 heavy (non-hydrogen) atoms. The van der Waals surface area contributed by atoms with Crippen LogP contribution in [0, 0.1) is 12.8 Å². The topological polar surface area (TPSA) is 45.2 Å². The third kappa shape index (κ3) is 3.22. The first-order chi connectivity index (χ1) is 8.66. The van der Waals surface area contributed by atoms with E-state index >= 15 is 0 Å². The van der Waals surface area contributed by atoms with Gasteiger partial charge in [-0.1, -0.05) is 6.92 Å². The quantitative estimate of drug-likeness (QED) is 0.871. The SMILES string of the molecule is Cc1ccncc1CNC(=O)N1CCC(C)CC1. The summed E-state index contributed by atoms with van der Waals surface area (Å²) in [6, 6.07) is 2.01. The van der Waals surface area contributed by atoms with Crippen molar-refractivity contribution in [3.8, 4) is 0 Å². The zero-order chi connectivity index (χ0) is 13.0. The molecule has 1 aromatic rings. The molecule has 0 radical (unpaired) electrons. The maximum Gasteiger partial charge on any atom is 0.317 e. The van der Waals surface area contributed by atoms with Crippen molar-refractivity contribution >= 4 is 6.03 Å². The van der Waals surface area contributed by atoms with Crippen molar-refractivity contribution in [3.05, 3.63) is 29.6 Å². The summed E-state index contributed by atoms with van der Waals surface area (Å²) in [5.41, 5.74) is 2.24. The number of nitrogens with zero attached hydrogens (tertiary/aromatic N) is 2. The Morgan fingerprint density at radius 2 is 2.22 bits per heavy atom. The fraction of sp³-hybridized carbons (Fsp3) is 0.571. The van der Waals surface area contributed by atoms with E-state index in [9.17, 15) is 4.79 Å². The molecule has 2 rings (SSSR count). The summed E-state index contributed by atoms with van der Waals surface area (Å²) < 4.78 is 0. The van der Waals surface area contributed by atoms with Gasteiger partial charge in [0.2, 0.25) is 0 Å². The van der Waals surface area contributed by atoms with Crippen LogP contribution in [0.3, 0.4) is 0 Å². The third-order valence-corrected chi connectivity index (χ3v) is 3.65. The van der Waals surface area contributed by atoms with E-state index < -0.39 is 0 Å². The summed E-state index contributed by atoms with van der Waals surface area (Å²) >= 11 is 0. The van der Waals surface area contributed by atoms with Gasteiger partial charge in [0, 0.05) is 32.0 Å². The average Bonchev–Trinajstić information content (AvgIpc) is 2.38. The minimum atomic E-state index is 0.0464. The van der Waals surface area contributed by atoms with E-state index in [-0.39, 0.29) is 6.03 Å². The van der Waals surface area contributed by atoms with Gasteiger partial charge in [-0.25, -0.2) is 4.79 Å². The summed E-state index contributed by atoms with van der Waals surface area (Å²) in [5.74, 6) is 0.745. The van der Waals surface area contributed by atoms with Crippen LogP contribution < -0.4 is 5.32 Å². The second-order valence-electron chi connectivity index (χ2n) is 5.13. The number of amides is 2. The summed E-state index contributed by atoms with van der Waals surface area (Å²) in [5, 5.41) is 2.97. The van der Waals surface area contributed by atoms with Crippen LogP contribution in [0.5, 0.6) is 0 Å². The fourth-order valence-electron chi connectivity index (χ4n) is 2.18. The van der Waals surface area contributed by atoms with E-state index in [1.807, 2.05) is 24.1 Å². The first-order valence-electron chi connectivity index (χ1n) is 6.59. The van der Waals surface area contributed by atoms with Gasteiger partial charge >= 0.3 is 6.03 Å². The molecular weight excluding hydrogens is 226 g/mol. The Morgan fingerprint density at radius 3 is 2.89 bits per heavy atom. The zero-order valence-corrected chi connectivity index (χ0v) is 11.1. The molecule has 98 valence electrons. The van der Waals surface area contributed by atoms with Crippen molar-refractivity contribution < 1.29 is 4.79 Å².